The van der Waals surface area contributed by atoms with Crippen LogP contribution < -0.4 is 0 Å². The molecule has 3 atom stereocenters. The molecule has 0 radical (unpaired) electrons. The molecule has 0 spiro atoms. The summed E-state index contributed by atoms with van der Waals surface area (Å²) in [6.07, 6.45) is 2.70. The Bertz CT molecular complexity index is 1170. The molecule has 0 aliphatic heterocycles. The number of Topliss-reactive ketones (excluding diaryl/α,β-unsaturated/α-hetero) is 1. The van der Waals surface area contributed by atoms with E-state index in [1.807, 2.05) is 13.8 Å². The number of allylic oxidation sites excluding steroid dienone is 1. The van der Waals surface area contributed by atoms with Gasteiger partial charge in [-0.2, -0.15) is 0 Å². The summed E-state index contributed by atoms with van der Waals surface area (Å²) < 4.78 is 6.18. The monoisotopic (exact) mass is 548 g/mol. The first-order valence-corrected chi connectivity index (χ1v) is 12.5. The predicted molar refractivity (Wildman–Crippen MR) is 131 cm³/mol. The number of carbonyl (C=O) groups excluding carboxylic acids is 2. The van der Waals surface area contributed by atoms with Crippen molar-refractivity contribution in [3.8, 4) is 0 Å². The molecule has 9 nitrogen and oxygen atoms in total. The number of alkyl halides is 1. The lowest BCUT2D eigenvalue weighted by molar-refractivity contribution is -0.394. The Morgan fingerprint density at radius 1 is 0.943 bits per heavy atom. The third-order valence-corrected chi connectivity index (χ3v) is 9.12. The second-order valence-corrected chi connectivity index (χ2v) is 13.1. The molecule has 1 fully saturated rings. The number of halogens is 1. The number of fused-ring (bicyclic) bond motifs is 3. The molecule has 0 heterocycles. The minimum atomic E-state index is -1.21. The first kappa shape index (κ1) is 25.5. The van der Waals surface area contributed by atoms with Gasteiger partial charge in [-0.05, 0) is 47.5 Å². The average Bonchev–Trinajstić information content (AvgIpc) is 2.68. The van der Waals surface area contributed by atoms with Gasteiger partial charge in [0.2, 0.25) is 0 Å². The van der Waals surface area contributed by atoms with Gasteiger partial charge in [0, 0.05) is 29.0 Å². The van der Waals surface area contributed by atoms with Crippen LogP contribution in [0, 0.1) is 36.5 Å². The van der Waals surface area contributed by atoms with Gasteiger partial charge >= 0.3 is 5.97 Å². The van der Waals surface area contributed by atoms with Gasteiger partial charge in [0.1, 0.15) is 5.60 Å². The lowest BCUT2D eigenvalue weighted by Gasteiger charge is -2.60. The maximum atomic E-state index is 13.6. The van der Waals surface area contributed by atoms with Gasteiger partial charge in [0.05, 0.1) is 21.5 Å². The van der Waals surface area contributed by atoms with Gasteiger partial charge in [0.15, 0.2) is 5.78 Å². The van der Waals surface area contributed by atoms with Crippen LogP contribution in [0.5, 0.6) is 0 Å². The van der Waals surface area contributed by atoms with E-state index in [1.165, 1.54) is 0 Å². The van der Waals surface area contributed by atoms with Crippen LogP contribution in [0.15, 0.2) is 29.3 Å². The molecule has 10 heteroatoms. The Morgan fingerprint density at radius 2 is 1.51 bits per heavy atom. The van der Waals surface area contributed by atoms with Gasteiger partial charge in [-0.25, -0.2) is 4.79 Å². The normalized spacial score (nSPS) is 30.9. The molecule has 0 saturated heterocycles. The molecule has 3 aliphatic rings. The van der Waals surface area contributed by atoms with E-state index in [2.05, 4.69) is 36.7 Å². The minimum Gasteiger partial charge on any atom is -0.450 e. The van der Waals surface area contributed by atoms with Crippen LogP contribution in [0.3, 0.4) is 0 Å². The summed E-state index contributed by atoms with van der Waals surface area (Å²) >= 11 is 3.89. The fourth-order valence-electron chi connectivity index (χ4n) is 6.90. The lowest BCUT2D eigenvalue weighted by Crippen LogP contribution is -2.59. The zero-order valence-corrected chi connectivity index (χ0v) is 22.1. The van der Waals surface area contributed by atoms with Crippen LogP contribution in [0.25, 0.3) is 0 Å². The number of carbonyl (C=O) groups is 2. The third kappa shape index (κ3) is 4.41. The second-order valence-electron chi connectivity index (χ2n) is 12.2. The van der Waals surface area contributed by atoms with E-state index in [9.17, 15) is 29.8 Å². The molecule has 188 valence electrons. The van der Waals surface area contributed by atoms with Crippen molar-refractivity contribution in [3.05, 3.63) is 55.1 Å². The summed E-state index contributed by atoms with van der Waals surface area (Å²) in [4.78, 5) is 48.1. The number of benzene rings is 1. The molecule has 4 rings (SSSR count). The highest BCUT2D eigenvalue weighted by molar-refractivity contribution is 9.09. The highest BCUT2D eigenvalue weighted by Crippen LogP contribution is 2.64. The highest BCUT2D eigenvalue weighted by atomic mass is 79.9. The number of non-ortho nitro benzene ring substituents is 2. The Balaban J connectivity index is 1.86. The average molecular weight is 549 g/mol. The lowest BCUT2D eigenvalue weighted by atomic mass is 9.49. The maximum Gasteiger partial charge on any atom is 0.339 e. The highest BCUT2D eigenvalue weighted by Gasteiger charge is 2.62. The molecule has 0 aromatic heterocycles. The van der Waals surface area contributed by atoms with Crippen LogP contribution in [-0.2, 0) is 9.53 Å². The van der Waals surface area contributed by atoms with Crippen molar-refractivity contribution in [2.45, 2.75) is 77.2 Å². The van der Waals surface area contributed by atoms with E-state index >= 15 is 0 Å². The Kier molecular flexibility index (Phi) is 5.78. The number of hydrogen-bond acceptors (Lipinski definition) is 7. The van der Waals surface area contributed by atoms with E-state index in [4.69, 9.17) is 4.74 Å². The molecule has 1 saturated carbocycles. The molecule has 3 unspecified atom stereocenters. The summed E-state index contributed by atoms with van der Waals surface area (Å²) in [6.45, 7) is 10.4. The van der Waals surface area contributed by atoms with Crippen LogP contribution in [0.2, 0.25) is 0 Å². The van der Waals surface area contributed by atoms with E-state index in [0.29, 0.717) is 31.3 Å². The first-order chi connectivity index (χ1) is 16.0. The number of nitro groups is 2. The van der Waals surface area contributed by atoms with Crippen LogP contribution >= 0.6 is 15.9 Å². The number of nitro benzene ring substituents is 2. The Morgan fingerprint density at radius 3 is 2.06 bits per heavy atom. The van der Waals surface area contributed by atoms with E-state index in [-0.39, 0.29) is 32.4 Å². The van der Waals surface area contributed by atoms with E-state index < -0.39 is 32.8 Å². The standard InChI is InChI=1S/C25H29BrN2O7/c1-22(2)9-17-19(18(29)10-22)25(12-23(3,4)11-24(5,13-25)20(17)26)35-21(30)14-6-15(27(31)32)8-16(7-14)28(33)34/h6-8,20H,9-13H2,1-5H3. The summed E-state index contributed by atoms with van der Waals surface area (Å²) in [5.74, 6) is -0.965. The van der Waals surface area contributed by atoms with Crippen molar-refractivity contribution in [3.63, 3.8) is 0 Å². The molecule has 1 aromatic carbocycles. The van der Waals surface area contributed by atoms with Crippen molar-refractivity contribution >= 4 is 39.1 Å². The quantitative estimate of drug-likeness (QED) is 0.193. The zero-order valence-electron chi connectivity index (χ0n) is 20.5. The summed E-state index contributed by atoms with van der Waals surface area (Å²) in [7, 11) is 0. The Labute approximate surface area is 211 Å². The van der Waals surface area contributed by atoms with E-state index in [1.54, 1.807) is 0 Å². The van der Waals surface area contributed by atoms with Gasteiger partial charge < -0.3 is 4.74 Å². The Hall–Kier alpha value is -2.62. The van der Waals surface area contributed by atoms with E-state index in [0.717, 1.165) is 30.2 Å². The smallest absolute Gasteiger partial charge is 0.339 e. The zero-order chi connectivity index (χ0) is 26.1. The maximum absolute atomic E-state index is 13.6. The number of ether oxygens (including phenoxy) is 1. The largest absolute Gasteiger partial charge is 0.450 e. The first-order valence-electron chi connectivity index (χ1n) is 11.6. The van der Waals surface area contributed by atoms with Crippen molar-refractivity contribution in [2.24, 2.45) is 16.2 Å². The van der Waals surface area contributed by atoms with Crippen molar-refractivity contribution in [1.82, 2.24) is 0 Å². The number of ketones is 1. The van der Waals surface area contributed by atoms with Gasteiger partial charge in [-0.1, -0.05) is 50.5 Å². The summed E-state index contributed by atoms with van der Waals surface area (Å²) in [5, 5.41) is 22.7. The minimum absolute atomic E-state index is 0.0566. The SMILES string of the molecule is CC1(C)CC(=O)C2=C(C1)C(Br)C1(C)CC(C)(C)CC2(OC(=O)c2cc([N+](=O)[O-])cc([N+](=O)[O-])c2)C1. The molecule has 35 heavy (non-hydrogen) atoms. The van der Waals surface area contributed by atoms with Crippen molar-refractivity contribution in [1.29, 1.82) is 0 Å². The number of hydrogen-bond donors (Lipinski definition) is 0. The van der Waals surface area contributed by atoms with Crippen LogP contribution in [0.4, 0.5) is 11.4 Å². The molecule has 0 amide bonds. The molecular weight excluding hydrogens is 520 g/mol. The van der Waals surface area contributed by atoms with Crippen LogP contribution in [-0.4, -0.2) is 32.0 Å². The fraction of sp³-hybridized carbons (Fsp3) is 0.600. The second kappa shape index (κ2) is 7.94. The van der Waals surface area contributed by atoms with Crippen molar-refractivity contribution in [2.75, 3.05) is 0 Å². The third-order valence-electron chi connectivity index (χ3n) is 7.47. The number of esters is 1. The number of rotatable bonds is 4. The topological polar surface area (TPSA) is 130 Å². The van der Waals surface area contributed by atoms with Crippen LogP contribution in [0.1, 0.15) is 77.1 Å². The number of nitrogens with zero attached hydrogens (tertiary/aromatic N) is 2. The predicted octanol–water partition coefficient (Wildman–Crippen LogP) is 6.08. The van der Waals surface area contributed by atoms with Gasteiger partial charge in [-0.3, -0.25) is 25.0 Å². The fourth-order valence-corrected chi connectivity index (χ4v) is 7.61. The van der Waals surface area contributed by atoms with Crippen molar-refractivity contribution < 1.29 is 24.2 Å². The molecule has 2 bridgehead atoms. The molecular formula is C25H29BrN2O7. The molecule has 0 N–H and O–H groups in total. The molecule has 1 aromatic rings. The summed E-state index contributed by atoms with van der Waals surface area (Å²) in [5.41, 5.74) is -1.95. The summed E-state index contributed by atoms with van der Waals surface area (Å²) in [6, 6.07) is 2.77. The van der Waals surface area contributed by atoms with Gasteiger partial charge in [0.25, 0.3) is 11.4 Å². The molecule has 3 aliphatic carbocycles. The van der Waals surface area contributed by atoms with Gasteiger partial charge in [-0.15, -0.1) is 0 Å².